The quantitative estimate of drug-likeness (QED) is 0.163. The number of phosphoric acid groups is 1. The van der Waals surface area contributed by atoms with E-state index in [2.05, 4.69) is 32.9 Å². The highest BCUT2D eigenvalue weighted by Gasteiger charge is 2.48. The number of esters is 1. The zero-order valence-corrected chi connectivity index (χ0v) is 25.1. The van der Waals surface area contributed by atoms with Crippen LogP contribution in [0.2, 0.25) is 0 Å². The lowest BCUT2D eigenvalue weighted by Crippen LogP contribution is -2.29. The molecular formula is C34H35O6P. The van der Waals surface area contributed by atoms with Crippen molar-refractivity contribution in [2.24, 2.45) is 0 Å². The smallest absolute Gasteiger partial charge is 0.441 e. The van der Waals surface area contributed by atoms with Crippen LogP contribution in [0.1, 0.15) is 74.2 Å². The number of carbonyl (C=O) groups is 1. The molecule has 4 aromatic carbocycles. The van der Waals surface area contributed by atoms with Crippen molar-refractivity contribution >= 4 is 13.8 Å². The van der Waals surface area contributed by atoms with E-state index in [1.807, 2.05) is 48.5 Å². The maximum absolute atomic E-state index is 13.8. The Kier molecular flexibility index (Phi) is 7.35. The van der Waals surface area contributed by atoms with Crippen molar-refractivity contribution < 1.29 is 27.7 Å². The van der Waals surface area contributed by atoms with E-state index < -0.39 is 19.0 Å². The number of ether oxygens (including phenoxy) is 1. The Labute approximate surface area is 241 Å². The number of benzene rings is 4. The molecule has 7 heteroatoms. The Bertz CT molecular complexity index is 1580. The van der Waals surface area contributed by atoms with Crippen LogP contribution < -0.4 is 9.05 Å². The third-order valence-electron chi connectivity index (χ3n) is 6.75. The van der Waals surface area contributed by atoms with Crippen LogP contribution in [0.3, 0.4) is 0 Å². The van der Waals surface area contributed by atoms with Crippen LogP contribution in [0.15, 0.2) is 103 Å². The number of cyclic esters (lactones) is 1. The topological polar surface area (TPSA) is 71.1 Å². The molecule has 1 heterocycles. The molecule has 4 aromatic rings. The average molecular weight is 571 g/mol. The van der Waals surface area contributed by atoms with Crippen molar-refractivity contribution in [3.63, 3.8) is 0 Å². The first-order valence-electron chi connectivity index (χ1n) is 13.6. The maximum atomic E-state index is 13.8. The number of hydrogen-bond donors (Lipinski definition) is 0. The van der Waals surface area contributed by atoms with E-state index in [9.17, 15) is 9.36 Å². The second kappa shape index (κ2) is 10.5. The van der Waals surface area contributed by atoms with Crippen molar-refractivity contribution in [2.75, 3.05) is 0 Å². The van der Waals surface area contributed by atoms with Crippen LogP contribution >= 0.6 is 7.82 Å². The molecule has 1 aliphatic heterocycles. The monoisotopic (exact) mass is 570 g/mol. The lowest BCUT2D eigenvalue weighted by Gasteiger charge is -2.31. The summed E-state index contributed by atoms with van der Waals surface area (Å²) in [6.45, 7) is 11.8. The summed E-state index contributed by atoms with van der Waals surface area (Å²) in [5.41, 5.74) is 2.02. The molecule has 5 rings (SSSR count). The molecule has 0 fully saturated rings. The number of fused-ring (bicyclic) bond motifs is 1. The predicted octanol–water partition coefficient (Wildman–Crippen LogP) is 8.83. The molecule has 1 aliphatic rings. The van der Waals surface area contributed by atoms with Crippen molar-refractivity contribution in [1.29, 1.82) is 0 Å². The second-order valence-corrected chi connectivity index (χ2v) is 13.6. The Morgan fingerprint density at radius 1 is 0.659 bits per heavy atom. The molecule has 0 aliphatic carbocycles. The molecule has 0 spiro atoms. The molecule has 41 heavy (non-hydrogen) atoms. The summed E-state index contributed by atoms with van der Waals surface area (Å²) in [6, 6.07) is 31.4. The zero-order valence-electron chi connectivity index (χ0n) is 24.2. The lowest BCUT2D eigenvalue weighted by atomic mass is 9.78. The highest BCUT2D eigenvalue weighted by Crippen LogP contribution is 2.53. The number of phosphoric ester groups is 1. The van der Waals surface area contributed by atoms with Gasteiger partial charge in [-0.3, -0.25) is 4.52 Å². The number of hydrogen-bond acceptors (Lipinski definition) is 6. The molecule has 0 N–H and O–H groups in total. The van der Waals surface area contributed by atoms with E-state index in [1.54, 1.807) is 63.2 Å². The summed E-state index contributed by atoms with van der Waals surface area (Å²) >= 11 is 0. The van der Waals surface area contributed by atoms with Gasteiger partial charge >= 0.3 is 13.8 Å². The lowest BCUT2D eigenvalue weighted by molar-refractivity contribution is 0.0251. The van der Waals surface area contributed by atoms with E-state index in [0.717, 1.165) is 16.7 Å². The standard InChI is InChI=1S/C34H35O6P/c1-32(2,3)24-16-18-25(19-17-24)34(30-15-11-10-14-29(30)31(35)37-34)26-20-22-28(23-21-26)39-41(36,40-33(4,5)6)38-27-12-8-7-9-13-27/h7-23H,1-6H3. The van der Waals surface area contributed by atoms with Gasteiger partial charge in [0.1, 0.15) is 11.5 Å². The minimum absolute atomic E-state index is 0.0280. The predicted molar refractivity (Wildman–Crippen MR) is 159 cm³/mol. The fourth-order valence-corrected chi connectivity index (χ4v) is 6.44. The Hall–Kier alpha value is -3.86. The molecule has 6 nitrogen and oxygen atoms in total. The van der Waals surface area contributed by atoms with Gasteiger partial charge in [-0.2, -0.15) is 0 Å². The fourth-order valence-electron chi connectivity index (χ4n) is 4.90. The Balaban J connectivity index is 1.54. The molecular weight excluding hydrogens is 535 g/mol. The van der Waals surface area contributed by atoms with Crippen molar-refractivity contribution in [3.8, 4) is 11.5 Å². The zero-order chi connectivity index (χ0) is 29.5. The minimum Gasteiger partial charge on any atom is -0.441 e. The third kappa shape index (κ3) is 5.95. The molecule has 0 amide bonds. The van der Waals surface area contributed by atoms with Crippen LogP contribution in [-0.4, -0.2) is 11.6 Å². The van der Waals surface area contributed by atoms with Crippen LogP contribution in [0.25, 0.3) is 0 Å². The summed E-state index contributed by atoms with van der Waals surface area (Å²) in [7, 11) is -4.07. The highest BCUT2D eigenvalue weighted by atomic mass is 31.2. The first-order valence-corrected chi connectivity index (χ1v) is 15.0. The Morgan fingerprint density at radius 3 is 1.73 bits per heavy atom. The largest absolute Gasteiger partial charge is 0.588 e. The van der Waals surface area contributed by atoms with E-state index in [4.69, 9.17) is 18.3 Å². The highest BCUT2D eigenvalue weighted by molar-refractivity contribution is 7.49. The maximum Gasteiger partial charge on any atom is 0.588 e. The fraction of sp³-hybridized carbons (Fsp3) is 0.265. The van der Waals surface area contributed by atoms with Crippen LogP contribution in [0.5, 0.6) is 11.5 Å². The summed E-state index contributed by atoms with van der Waals surface area (Å²) in [5, 5.41) is 0. The van der Waals surface area contributed by atoms with Gasteiger partial charge in [0, 0.05) is 16.7 Å². The van der Waals surface area contributed by atoms with E-state index in [-0.39, 0.29) is 17.1 Å². The number of para-hydroxylation sites is 1. The molecule has 0 saturated heterocycles. The molecule has 212 valence electrons. The first-order chi connectivity index (χ1) is 19.3. The van der Waals surface area contributed by atoms with E-state index in [1.165, 1.54) is 5.56 Å². The van der Waals surface area contributed by atoms with E-state index >= 15 is 0 Å². The van der Waals surface area contributed by atoms with E-state index in [0.29, 0.717) is 11.3 Å². The Morgan fingerprint density at radius 2 is 1.17 bits per heavy atom. The van der Waals surface area contributed by atoms with Gasteiger partial charge < -0.3 is 13.8 Å². The van der Waals surface area contributed by atoms with Gasteiger partial charge in [-0.25, -0.2) is 9.36 Å². The summed E-state index contributed by atoms with van der Waals surface area (Å²) in [4.78, 5) is 13.1. The van der Waals surface area contributed by atoms with Gasteiger partial charge in [-0.1, -0.05) is 93.6 Å². The second-order valence-electron chi connectivity index (χ2n) is 12.1. The van der Waals surface area contributed by atoms with Crippen molar-refractivity contribution in [2.45, 2.75) is 58.2 Å². The minimum atomic E-state index is -4.07. The third-order valence-corrected chi connectivity index (χ3v) is 8.39. The number of rotatable bonds is 7. The normalized spacial score (nSPS) is 18.2. The SMILES string of the molecule is CC(C)(C)OP(=O)(Oc1ccccc1)Oc1ccc(C2(c3ccc(C(C)(C)C)cc3)OC(=O)c3ccccc32)cc1. The van der Waals surface area contributed by atoms with Gasteiger partial charge in [0.2, 0.25) is 0 Å². The van der Waals surface area contributed by atoms with Crippen LogP contribution in [-0.2, 0) is 24.8 Å². The van der Waals surface area contributed by atoms with Gasteiger partial charge in [-0.15, -0.1) is 0 Å². The van der Waals surface area contributed by atoms with Crippen LogP contribution in [0, 0.1) is 0 Å². The molecule has 0 bridgehead atoms. The molecule has 0 aromatic heterocycles. The molecule has 0 saturated carbocycles. The molecule has 2 atom stereocenters. The van der Waals surface area contributed by atoms with Crippen molar-refractivity contribution in [3.05, 3.63) is 131 Å². The van der Waals surface area contributed by atoms with Gasteiger partial charge in [0.05, 0.1) is 11.2 Å². The summed E-state index contributed by atoms with van der Waals surface area (Å²) in [6.07, 6.45) is 0. The summed E-state index contributed by atoms with van der Waals surface area (Å²) in [5.74, 6) is 0.261. The van der Waals surface area contributed by atoms with Crippen molar-refractivity contribution in [1.82, 2.24) is 0 Å². The van der Waals surface area contributed by atoms with Gasteiger partial charge in [0.25, 0.3) is 0 Å². The first kappa shape index (κ1) is 28.7. The van der Waals surface area contributed by atoms with Gasteiger partial charge in [-0.05, 0) is 62.1 Å². The molecule has 0 radical (unpaired) electrons. The van der Waals surface area contributed by atoms with Gasteiger partial charge in [0.15, 0.2) is 5.60 Å². The number of carbonyl (C=O) groups excluding carboxylic acids is 1. The average Bonchev–Trinajstić information content (AvgIpc) is 3.21. The summed E-state index contributed by atoms with van der Waals surface area (Å²) < 4.78 is 37.4. The molecule has 2 unspecified atom stereocenters. The van der Waals surface area contributed by atoms with Crippen LogP contribution in [0.4, 0.5) is 0 Å².